The number of hydrogen-bond acceptors (Lipinski definition) is 4. The Kier molecular flexibility index (Phi) is 5.46. The molecule has 3 aromatic rings. The van der Waals surface area contributed by atoms with Crippen LogP contribution in [0.2, 0.25) is 0 Å². The van der Waals surface area contributed by atoms with Crippen molar-refractivity contribution in [2.45, 2.75) is 4.90 Å². The Balaban J connectivity index is 1.66. The van der Waals surface area contributed by atoms with Gasteiger partial charge in [0, 0.05) is 11.0 Å². The van der Waals surface area contributed by atoms with Gasteiger partial charge in [-0.25, -0.2) is 0 Å². The number of hydrogen-bond donors (Lipinski definition) is 1. The second-order valence-electron chi connectivity index (χ2n) is 5.41. The molecule has 0 aromatic heterocycles. The number of nitrogens with one attached hydrogen (secondary N) is 1. The summed E-state index contributed by atoms with van der Waals surface area (Å²) >= 11 is 1.50. The number of carbonyl (C=O) groups is 1. The van der Waals surface area contributed by atoms with Gasteiger partial charge in [0.15, 0.2) is 0 Å². The van der Waals surface area contributed by atoms with Crippen LogP contribution in [0.25, 0.3) is 10.8 Å². The van der Waals surface area contributed by atoms with Crippen LogP contribution in [0.3, 0.4) is 0 Å². The normalized spacial score (nSPS) is 10.5. The molecule has 1 N–H and O–H groups in total. The molecule has 25 heavy (non-hydrogen) atoms. The van der Waals surface area contributed by atoms with Crippen molar-refractivity contribution >= 4 is 34.1 Å². The summed E-state index contributed by atoms with van der Waals surface area (Å²) in [5.41, 5.74) is 0.603. The van der Waals surface area contributed by atoms with Crippen molar-refractivity contribution in [2.24, 2.45) is 0 Å². The van der Waals surface area contributed by atoms with Gasteiger partial charge in [-0.1, -0.05) is 30.3 Å². The molecule has 128 valence electrons. The largest absolute Gasteiger partial charge is 0.497 e. The highest BCUT2D eigenvalue weighted by atomic mass is 32.2. The average Bonchev–Trinajstić information content (AvgIpc) is 2.66. The third kappa shape index (κ3) is 4.25. The molecule has 0 saturated heterocycles. The zero-order valence-electron chi connectivity index (χ0n) is 14.1. The van der Waals surface area contributed by atoms with Crippen molar-refractivity contribution in [2.75, 3.05) is 25.3 Å². The summed E-state index contributed by atoms with van der Waals surface area (Å²) in [7, 11) is 3.16. The van der Waals surface area contributed by atoms with Gasteiger partial charge in [-0.05, 0) is 35.0 Å². The summed E-state index contributed by atoms with van der Waals surface area (Å²) in [5.74, 6) is 1.49. The molecule has 3 aromatic carbocycles. The molecule has 0 fully saturated rings. The van der Waals surface area contributed by atoms with Gasteiger partial charge in [-0.15, -0.1) is 11.8 Å². The maximum absolute atomic E-state index is 12.3. The molecule has 0 atom stereocenters. The number of rotatable bonds is 6. The van der Waals surface area contributed by atoms with Gasteiger partial charge in [-0.2, -0.15) is 0 Å². The lowest BCUT2D eigenvalue weighted by molar-refractivity contribution is -0.113. The summed E-state index contributed by atoms with van der Waals surface area (Å²) in [5, 5.41) is 5.24. The van der Waals surface area contributed by atoms with Crippen LogP contribution in [-0.2, 0) is 4.79 Å². The van der Waals surface area contributed by atoms with E-state index in [4.69, 9.17) is 9.47 Å². The molecular weight excluding hydrogens is 334 g/mol. The SMILES string of the molecule is COc1ccc(OC)c(NC(=O)CSc2ccc3ccccc3c2)c1. The predicted octanol–water partition coefficient (Wildman–Crippen LogP) is 4.59. The first kappa shape index (κ1) is 17.2. The number of amides is 1. The van der Waals surface area contributed by atoms with E-state index in [-0.39, 0.29) is 5.91 Å². The molecule has 0 aliphatic heterocycles. The monoisotopic (exact) mass is 353 g/mol. The molecule has 0 spiro atoms. The Morgan fingerprint density at radius 1 is 0.960 bits per heavy atom. The molecule has 3 rings (SSSR count). The molecule has 0 bridgehead atoms. The van der Waals surface area contributed by atoms with Crippen molar-refractivity contribution in [1.82, 2.24) is 0 Å². The van der Waals surface area contributed by atoms with Crippen molar-refractivity contribution < 1.29 is 14.3 Å². The highest BCUT2D eigenvalue weighted by Gasteiger charge is 2.10. The first-order chi connectivity index (χ1) is 12.2. The Morgan fingerprint density at radius 3 is 2.52 bits per heavy atom. The number of ether oxygens (including phenoxy) is 2. The minimum Gasteiger partial charge on any atom is -0.497 e. The van der Waals surface area contributed by atoms with Crippen LogP contribution in [0.1, 0.15) is 0 Å². The van der Waals surface area contributed by atoms with E-state index in [1.165, 1.54) is 22.5 Å². The lowest BCUT2D eigenvalue weighted by Gasteiger charge is -2.11. The van der Waals surface area contributed by atoms with Gasteiger partial charge in [-0.3, -0.25) is 4.79 Å². The molecule has 0 aliphatic carbocycles. The fourth-order valence-electron chi connectivity index (χ4n) is 2.50. The lowest BCUT2D eigenvalue weighted by Crippen LogP contribution is -2.14. The van der Waals surface area contributed by atoms with E-state index in [1.807, 2.05) is 18.2 Å². The third-order valence-corrected chi connectivity index (χ3v) is 4.77. The first-order valence-electron chi connectivity index (χ1n) is 7.83. The fraction of sp³-hybridized carbons (Fsp3) is 0.150. The van der Waals surface area contributed by atoms with Crippen LogP contribution in [0.4, 0.5) is 5.69 Å². The van der Waals surface area contributed by atoms with Gasteiger partial charge >= 0.3 is 0 Å². The van der Waals surface area contributed by atoms with Gasteiger partial charge in [0.1, 0.15) is 11.5 Å². The Morgan fingerprint density at radius 2 is 1.76 bits per heavy atom. The molecule has 0 saturated carbocycles. The minimum atomic E-state index is -0.0929. The summed E-state index contributed by atoms with van der Waals surface area (Å²) in [4.78, 5) is 13.4. The predicted molar refractivity (Wildman–Crippen MR) is 103 cm³/mol. The topological polar surface area (TPSA) is 47.6 Å². The third-order valence-electron chi connectivity index (χ3n) is 3.77. The molecular formula is C20H19NO3S. The highest BCUT2D eigenvalue weighted by molar-refractivity contribution is 8.00. The smallest absolute Gasteiger partial charge is 0.234 e. The van der Waals surface area contributed by atoms with Crippen LogP contribution in [0, 0.1) is 0 Å². The zero-order chi connectivity index (χ0) is 17.6. The van der Waals surface area contributed by atoms with Crippen LogP contribution in [-0.4, -0.2) is 25.9 Å². The number of methoxy groups -OCH3 is 2. The van der Waals surface area contributed by atoms with Crippen molar-refractivity contribution in [1.29, 1.82) is 0 Å². The number of fused-ring (bicyclic) bond motifs is 1. The maximum Gasteiger partial charge on any atom is 0.234 e. The van der Waals surface area contributed by atoms with E-state index in [0.717, 1.165) is 4.90 Å². The molecule has 0 heterocycles. The molecule has 5 heteroatoms. The van der Waals surface area contributed by atoms with Gasteiger partial charge < -0.3 is 14.8 Å². The maximum atomic E-state index is 12.3. The van der Waals surface area contributed by atoms with Crippen molar-refractivity contribution in [3.8, 4) is 11.5 Å². The fourth-order valence-corrected chi connectivity index (χ4v) is 3.25. The molecule has 0 radical (unpaired) electrons. The van der Waals surface area contributed by atoms with E-state index in [1.54, 1.807) is 32.4 Å². The Bertz CT molecular complexity index is 895. The second-order valence-corrected chi connectivity index (χ2v) is 6.46. The second kappa shape index (κ2) is 7.94. The Hall–Kier alpha value is -2.66. The zero-order valence-corrected chi connectivity index (χ0v) is 14.9. The first-order valence-corrected chi connectivity index (χ1v) is 8.81. The summed E-state index contributed by atoms with van der Waals surface area (Å²) < 4.78 is 10.5. The average molecular weight is 353 g/mol. The van der Waals surface area contributed by atoms with Gasteiger partial charge in [0.25, 0.3) is 0 Å². The summed E-state index contributed by atoms with van der Waals surface area (Å²) in [6.07, 6.45) is 0. The van der Waals surface area contributed by atoms with E-state index in [2.05, 4.69) is 29.6 Å². The standard InChI is InChI=1S/C20H19NO3S/c1-23-16-8-10-19(24-2)18(12-16)21-20(22)13-25-17-9-7-14-5-3-4-6-15(14)11-17/h3-12H,13H2,1-2H3,(H,21,22). The van der Waals surface area contributed by atoms with Crippen LogP contribution in [0.5, 0.6) is 11.5 Å². The number of anilines is 1. The van der Waals surface area contributed by atoms with E-state index in [9.17, 15) is 4.79 Å². The highest BCUT2D eigenvalue weighted by Crippen LogP contribution is 2.29. The lowest BCUT2D eigenvalue weighted by atomic mass is 10.1. The summed E-state index contributed by atoms with van der Waals surface area (Å²) in [6, 6.07) is 19.7. The molecule has 0 aliphatic rings. The van der Waals surface area contributed by atoms with Crippen molar-refractivity contribution in [3.63, 3.8) is 0 Å². The molecule has 1 amide bonds. The van der Waals surface area contributed by atoms with E-state index >= 15 is 0 Å². The molecule has 0 unspecified atom stereocenters. The number of thioether (sulfide) groups is 1. The summed E-state index contributed by atoms with van der Waals surface area (Å²) in [6.45, 7) is 0. The number of benzene rings is 3. The van der Waals surface area contributed by atoms with E-state index < -0.39 is 0 Å². The van der Waals surface area contributed by atoms with Crippen LogP contribution in [0.15, 0.2) is 65.6 Å². The minimum absolute atomic E-state index is 0.0929. The van der Waals surface area contributed by atoms with Gasteiger partial charge in [0.2, 0.25) is 5.91 Å². The van der Waals surface area contributed by atoms with Crippen LogP contribution >= 0.6 is 11.8 Å². The van der Waals surface area contributed by atoms with Gasteiger partial charge in [0.05, 0.1) is 25.7 Å². The van der Waals surface area contributed by atoms with Crippen molar-refractivity contribution in [3.05, 3.63) is 60.7 Å². The van der Waals surface area contributed by atoms with Crippen LogP contribution < -0.4 is 14.8 Å². The number of carbonyl (C=O) groups excluding carboxylic acids is 1. The molecule has 4 nitrogen and oxygen atoms in total. The Labute approximate surface area is 151 Å². The van der Waals surface area contributed by atoms with E-state index in [0.29, 0.717) is 22.9 Å². The quantitative estimate of drug-likeness (QED) is 0.659.